The predicted octanol–water partition coefficient (Wildman–Crippen LogP) is 13.5. The molecule has 60 heavy (non-hydrogen) atoms. The van der Waals surface area contributed by atoms with Crippen molar-refractivity contribution in [2.75, 3.05) is 0 Å². The lowest BCUT2D eigenvalue weighted by molar-refractivity contribution is -0.00938. The number of ether oxygens (including phenoxy) is 1. The van der Waals surface area contributed by atoms with Crippen LogP contribution in [0.1, 0.15) is 66.6 Å². The standard InChI is InChI=1S/C56H43N3O/c1-2-12-38(13-3-1)39-22-24-40(25-23-39)52-57-53(59-54(58-52)55-32-35-28-36(33-55)30-37(29-35)34-55)45-16-5-4-14-42(45)41-26-27-44-43-15-6-7-17-46(43)56(49(44)31-41)47-18-8-10-20-50(47)60-51-21-11-9-19-48(51)56/h1-27,31,35-37H,28-30,32-34H2/t35-,36+,37?,55?. The van der Waals surface area contributed by atoms with Crippen molar-refractivity contribution in [2.24, 2.45) is 17.8 Å². The summed E-state index contributed by atoms with van der Waals surface area (Å²) >= 11 is 0. The molecule has 0 unspecified atom stereocenters. The Labute approximate surface area is 351 Å². The second-order valence-electron chi connectivity index (χ2n) is 18.1. The van der Waals surface area contributed by atoms with E-state index in [9.17, 15) is 0 Å². The van der Waals surface area contributed by atoms with Gasteiger partial charge in [-0.15, -0.1) is 0 Å². The third-order valence-corrected chi connectivity index (χ3v) is 14.7. The third kappa shape index (κ3) is 5.00. The summed E-state index contributed by atoms with van der Waals surface area (Å²) in [5.41, 5.74) is 13.6. The Balaban J connectivity index is 0.998. The molecule has 7 aromatic carbocycles. The number of benzene rings is 7. The molecule has 4 nitrogen and oxygen atoms in total. The first-order chi connectivity index (χ1) is 29.6. The SMILES string of the molecule is c1ccc(-c2ccc(-c3nc(-c4ccccc4-c4ccc5c(c4)C4(c6ccccc6Oc6ccccc64)c4ccccc4-5)nc(C45CC6C[C@H](C4)C[C@@H](C6)C5)n3)cc2)cc1. The summed E-state index contributed by atoms with van der Waals surface area (Å²) in [6, 6.07) is 61.3. The first kappa shape index (κ1) is 34.2. The molecule has 1 spiro atoms. The van der Waals surface area contributed by atoms with Crippen LogP contribution in [-0.4, -0.2) is 15.0 Å². The lowest BCUT2D eigenvalue weighted by Crippen LogP contribution is -2.49. The summed E-state index contributed by atoms with van der Waals surface area (Å²) in [6.07, 6.45) is 7.69. The highest BCUT2D eigenvalue weighted by molar-refractivity contribution is 5.92. The molecular formula is C56H43N3O. The van der Waals surface area contributed by atoms with E-state index in [1.165, 1.54) is 83.0 Å². The zero-order valence-electron chi connectivity index (χ0n) is 33.4. The van der Waals surface area contributed by atoms with Gasteiger partial charge < -0.3 is 4.74 Å². The maximum Gasteiger partial charge on any atom is 0.164 e. The fourth-order valence-corrected chi connectivity index (χ4v) is 12.6. The fourth-order valence-electron chi connectivity index (χ4n) is 12.6. The minimum atomic E-state index is -0.541. The number of rotatable bonds is 5. The molecule has 4 heteroatoms. The molecule has 0 amide bonds. The van der Waals surface area contributed by atoms with Gasteiger partial charge in [0.15, 0.2) is 11.6 Å². The summed E-state index contributed by atoms with van der Waals surface area (Å²) in [5, 5.41) is 0. The van der Waals surface area contributed by atoms with E-state index in [0.717, 1.165) is 69.0 Å². The Hall–Kier alpha value is -6.65. The van der Waals surface area contributed by atoms with E-state index in [1.807, 2.05) is 0 Å². The number of hydrogen-bond donors (Lipinski definition) is 0. The molecule has 14 rings (SSSR count). The number of hydrogen-bond acceptors (Lipinski definition) is 4. The van der Waals surface area contributed by atoms with Crippen molar-refractivity contribution in [3.05, 3.63) is 198 Å². The van der Waals surface area contributed by atoms with Gasteiger partial charge in [0.25, 0.3) is 0 Å². The monoisotopic (exact) mass is 773 g/mol. The van der Waals surface area contributed by atoms with Crippen LogP contribution >= 0.6 is 0 Å². The van der Waals surface area contributed by atoms with Crippen LogP contribution < -0.4 is 4.74 Å². The van der Waals surface area contributed by atoms with Crippen LogP contribution in [0.2, 0.25) is 0 Å². The van der Waals surface area contributed by atoms with Crippen LogP contribution in [0.3, 0.4) is 0 Å². The molecule has 0 atom stereocenters. The van der Waals surface area contributed by atoms with Gasteiger partial charge in [0.1, 0.15) is 17.3 Å². The molecule has 1 aromatic heterocycles. The molecule has 0 saturated heterocycles. The third-order valence-electron chi connectivity index (χ3n) is 14.7. The highest BCUT2D eigenvalue weighted by atomic mass is 16.5. The van der Waals surface area contributed by atoms with Crippen molar-refractivity contribution in [3.8, 4) is 67.7 Å². The van der Waals surface area contributed by atoms with Crippen molar-refractivity contribution in [2.45, 2.75) is 49.4 Å². The largest absolute Gasteiger partial charge is 0.457 e. The van der Waals surface area contributed by atoms with Gasteiger partial charge in [-0.25, -0.2) is 15.0 Å². The lowest BCUT2D eigenvalue weighted by Gasteiger charge is -2.56. The minimum absolute atomic E-state index is 0.00960. The highest BCUT2D eigenvalue weighted by Gasteiger charge is 2.54. The average Bonchev–Trinajstić information content (AvgIpc) is 3.59. The van der Waals surface area contributed by atoms with Gasteiger partial charge in [0, 0.05) is 27.7 Å². The highest BCUT2D eigenvalue weighted by Crippen LogP contribution is 2.63. The molecule has 4 fully saturated rings. The van der Waals surface area contributed by atoms with Crippen LogP contribution in [0, 0.1) is 17.8 Å². The maximum atomic E-state index is 6.64. The molecule has 0 radical (unpaired) electrons. The van der Waals surface area contributed by atoms with Crippen molar-refractivity contribution < 1.29 is 4.74 Å². The van der Waals surface area contributed by atoms with Gasteiger partial charge in [-0.1, -0.05) is 152 Å². The summed E-state index contributed by atoms with van der Waals surface area (Å²) in [5.74, 6) is 6.66. The Morgan fingerprint density at radius 3 is 1.57 bits per heavy atom. The quantitative estimate of drug-likeness (QED) is 0.175. The molecule has 6 aliphatic rings. The van der Waals surface area contributed by atoms with E-state index in [2.05, 4.69) is 170 Å². The van der Waals surface area contributed by atoms with Crippen molar-refractivity contribution in [3.63, 3.8) is 0 Å². The average molecular weight is 774 g/mol. The fraction of sp³-hybridized carbons (Fsp3) is 0.196. The van der Waals surface area contributed by atoms with Gasteiger partial charge in [0.2, 0.25) is 0 Å². The molecule has 8 aromatic rings. The van der Waals surface area contributed by atoms with Crippen LogP contribution in [0.4, 0.5) is 0 Å². The number of aromatic nitrogens is 3. The summed E-state index contributed by atoms with van der Waals surface area (Å²) in [7, 11) is 0. The summed E-state index contributed by atoms with van der Waals surface area (Å²) in [6.45, 7) is 0. The van der Waals surface area contributed by atoms with Crippen LogP contribution in [-0.2, 0) is 10.8 Å². The molecule has 4 bridgehead atoms. The Bertz CT molecular complexity index is 2920. The minimum Gasteiger partial charge on any atom is -0.457 e. The van der Waals surface area contributed by atoms with Gasteiger partial charge in [-0.2, -0.15) is 0 Å². The molecule has 5 aliphatic carbocycles. The molecule has 288 valence electrons. The molecular weight excluding hydrogens is 731 g/mol. The molecule has 4 saturated carbocycles. The van der Waals surface area contributed by atoms with E-state index >= 15 is 0 Å². The zero-order valence-corrected chi connectivity index (χ0v) is 33.4. The van der Waals surface area contributed by atoms with Crippen molar-refractivity contribution in [1.82, 2.24) is 15.0 Å². The molecule has 2 heterocycles. The number of nitrogens with zero attached hydrogens (tertiary/aromatic N) is 3. The van der Waals surface area contributed by atoms with E-state index in [0.29, 0.717) is 0 Å². The molecule has 0 N–H and O–H groups in total. The molecule has 1 aliphatic heterocycles. The van der Waals surface area contributed by atoms with Gasteiger partial charge in [-0.3, -0.25) is 0 Å². The van der Waals surface area contributed by atoms with Crippen LogP contribution in [0.15, 0.2) is 170 Å². The topological polar surface area (TPSA) is 47.9 Å². The first-order valence-electron chi connectivity index (χ1n) is 21.8. The smallest absolute Gasteiger partial charge is 0.164 e. The van der Waals surface area contributed by atoms with Crippen LogP contribution in [0.5, 0.6) is 11.5 Å². The number of para-hydroxylation sites is 2. The van der Waals surface area contributed by atoms with Gasteiger partial charge in [0.05, 0.1) is 5.41 Å². The summed E-state index contributed by atoms with van der Waals surface area (Å²) < 4.78 is 6.64. The van der Waals surface area contributed by atoms with Crippen molar-refractivity contribution in [1.29, 1.82) is 0 Å². The lowest BCUT2D eigenvalue weighted by atomic mass is 9.49. The van der Waals surface area contributed by atoms with E-state index in [4.69, 9.17) is 19.7 Å². The van der Waals surface area contributed by atoms with E-state index in [-0.39, 0.29) is 5.41 Å². The maximum absolute atomic E-state index is 6.64. The van der Waals surface area contributed by atoms with E-state index < -0.39 is 5.41 Å². The zero-order chi connectivity index (χ0) is 39.4. The Kier molecular flexibility index (Phi) is 7.37. The number of fused-ring (bicyclic) bond motifs is 9. The van der Waals surface area contributed by atoms with Gasteiger partial charge in [-0.05, 0) is 119 Å². The second kappa shape index (κ2) is 12.9. The summed E-state index contributed by atoms with van der Waals surface area (Å²) in [4.78, 5) is 16.4. The van der Waals surface area contributed by atoms with Gasteiger partial charge >= 0.3 is 0 Å². The first-order valence-corrected chi connectivity index (χ1v) is 21.8. The normalized spacial score (nSPS) is 22.1. The van der Waals surface area contributed by atoms with Crippen LogP contribution in [0.25, 0.3) is 56.2 Å². The Morgan fingerprint density at radius 2 is 0.883 bits per heavy atom. The van der Waals surface area contributed by atoms with Crippen molar-refractivity contribution >= 4 is 0 Å². The predicted molar refractivity (Wildman–Crippen MR) is 239 cm³/mol. The Morgan fingerprint density at radius 1 is 0.383 bits per heavy atom. The second-order valence-corrected chi connectivity index (χ2v) is 18.1. The van der Waals surface area contributed by atoms with E-state index in [1.54, 1.807) is 0 Å².